The summed E-state index contributed by atoms with van der Waals surface area (Å²) in [7, 11) is 1.56. The molecular weight excluding hydrogens is 219 g/mol. The van der Waals surface area contributed by atoms with Gasteiger partial charge in [0.15, 0.2) is 0 Å². The predicted molar refractivity (Wildman–Crippen MR) is 63.0 cm³/mol. The summed E-state index contributed by atoms with van der Waals surface area (Å²) in [6, 6.07) is 9.27. The Labute approximate surface area is 98.3 Å². The van der Waals surface area contributed by atoms with Crippen molar-refractivity contribution in [2.24, 2.45) is 0 Å². The largest absolute Gasteiger partial charge is 0.355 e. The smallest absolute Gasteiger partial charge is 0.253 e. The van der Waals surface area contributed by atoms with Crippen LogP contribution in [0.4, 0.5) is 4.39 Å². The van der Waals surface area contributed by atoms with E-state index >= 15 is 0 Å². The van der Waals surface area contributed by atoms with Crippen LogP contribution >= 0.6 is 0 Å². The van der Waals surface area contributed by atoms with Gasteiger partial charge in [0, 0.05) is 18.8 Å². The maximum absolute atomic E-state index is 12.8. The molecule has 3 nitrogen and oxygen atoms in total. The standard InChI is InChI=1S/C13H11FN2O/c1-15-13(17)11-3-2-8-16-12(11)9-4-6-10(14)7-5-9/h2-8H,1H3,(H,15,17). The van der Waals surface area contributed by atoms with Crippen LogP contribution in [0.3, 0.4) is 0 Å². The SMILES string of the molecule is CNC(=O)c1cccnc1-c1ccc(F)cc1. The van der Waals surface area contributed by atoms with Crippen LogP contribution in [0, 0.1) is 5.82 Å². The summed E-state index contributed by atoms with van der Waals surface area (Å²) >= 11 is 0. The molecule has 2 rings (SSSR count). The van der Waals surface area contributed by atoms with Crippen LogP contribution in [0.15, 0.2) is 42.6 Å². The first-order chi connectivity index (χ1) is 8.22. The number of pyridine rings is 1. The third kappa shape index (κ3) is 2.30. The molecule has 17 heavy (non-hydrogen) atoms. The maximum atomic E-state index is 12.8. The Morgan fingerprint density at radius 2 is 1.94 bits per heavy atom. The van der Waals surface area contributed by atoms with Gasteiger partial charge in [0.05, 0.1) is 11.3 Å². The number of hydrogen-bond acceptors (Lipinski definition) is 2. The highest BCUT2D eigenvalue weighted by Gasteiger charge is 2.11. The Balaban J connectivity index is 2.51. The third-order valence-electron chi connectivity index (χ3n) is 2.40. The number of amides is 1. The van der Waals surface area contributed by atoms with Crippen LogP contribution in [0.5, 0.6) is 0 Å². The molecule has 0 spiro atoms. The molecule has 1 amide bonds. The zero-order valence-electron chi connectivity index (χ0n) is 9.27. The monoisotopic (exact) mass is 230 g/mol. The molecule has 0 fully saturated rings. The lowest BCUT2D eigenvalue weighted by Gasteiger charge is -2.06. The number of hydrogen-bond donors (Lipinski definition) is 1. The quantitative estimate of drug-likeness (QED) is 0.859. The Bertz CT molecular complexity index is 537. The molecule has 0 aliphatic heterocycles. The van der Waals surface area contributed by atoms with Gasteiger partial charge in [-0.05, 0) is 36.4 Å². The molecule has 1 aromatic heterocycles. The Kier molecular flexibility index (Phi) is 3.14. The predicted octanol–water partition coefficient (Wildman–Crippen LogP) is 2.25. The van der Waals surface area contributed by atoms with E-state index in [0.29, 0.717) is 16.8 Å². The van der Waals surface area contributed by atoms with Crippen molar-refractivity contribution in [1.29, 1.82) is 0 Å². The van der Waals surface area contributed by atoms with Crippen molar-refractivity contribution >= 4 is 5.91 Å². The number of nitrogens with zero attached hydrogens (tertiary/aromatic N) is 1. The summed E-state index contributed by atoms with van der Waals surface area (Å²) in [4.78, 5) is 15.8. The van der Waals surface area contributed by atoms with Gasteiger partial charge in [-0.2, -0.15) is 0 Å². The lowest BCUT2D eigenvalue weighted by atomic mass is 10.1. The molecule has 0 atom stereocenters. The number of carbonyl (C=O) groups is 1. The van der Waals surface area contributed by atoms with Gasteiger partial charge in [0.1, 0.15) is 5.82 Å². The van der Waals surface area contributed by atoms with Crippen molar-refractivity contribution in [3.05, 3.63) is 54.0 Å². The minimum Gasteiger partial charge on any atom is -0.355 e. The highest BCUT2D eigenvalue weighted by molar-refractivity contribution is 5.99. The maximum Gasteiger partial charge on any atom is 0.253 e. The lowest BCUT2D eigenvalue weighted by molar-refractivity contribution is 0.0963. The molecule has 86 valence electrons. The molecule has 0 aliphatic rings. The van der Waals surface area contributed by atoms with E-state index in [-0.39, 0.29) is 11.7 Å². The normalized spacial score (nSPS) is 10.0. The molecular formula is C13H11FN2O. The average Bonchev–Trinajstić information content (AvgIpc) is 2.39. The van der Waals surface area contributed by atoms with E-state index in [1.165, 1.54) is 12.1 Å². The van der Waals surface area contributed by atoms with Crippen molar-refractivity contribution in [3.8, 4) is 11.3 Å². The van der Waals surface area contributed by atoms with Gasteiger partial charge < -0.3 is 5.32 Å². The van der Waals surface area contributed by atoms with E-state index in [9.17, 15) is 9.18 Å². The topological polar surface area (TPSA) is 42.0 Å². The molecule has 0 bridgehead atoms. The number of carbonyl (C=O) groups excluding carboxylic acids is 1. The molecule has 0 saturated heterocycles. The minimum atomic E-state index is -0.314. The first-order valence-electron chi connectivity index (χ1n) is 5.15. The van der Waals surface area contributed by atoms with Crippen LogP contribution in [0.2, 0.25) is 0 Å². The summed E-state index contributed by atoms with van der Waals surface area (Å²) in [6.45, 7) is 0. The van der Waals surface area contributed by atoms with Gasteiger partial charge in [-0.15, -0.1) is 0 Å². The molecule has 1 N–H and O–H groups in total. The van der Waals surface area contributed by atoms with E-state index in [4.69, 9.17) is 0 Å². The highest BCUT2D eigenvalue weighted by atomic mass is 19.1. The fourth-order valence-electron chi connectivity index (χ4n) is 1.56. The molecule has 0 aliphatic carbocycles. The minimum absolute atomic E-state index is 0.211. The van der Waals surface area contributed by atoms with Gasteiger partial charge in [-0.3, -0.25) is 9.78 Å². The summed E-state index contributed by atoms with van der Waals surface area (Å²) < 4.78 is 12.8. The van der Waals surface area contributed by atoms with Crippen molar-refractivity contribution in [2.45, 2.75) is 0 Å². The number of rotatable bonds is 2. The van der Waals surface area contributed by atoms with Crippen molar-refractivity contribution < 1.29 is 9.18 Å². The first-order valence-corrected chi connectivity index (χ1v) is 5.15. The fraction of sp³-hybridized carbons (Fsp3) is 0.0769. The Hall–Kier alpha value is -2.23. The van der Waals surface area contributed by atoms with E-state index in [2.05, 4.69) is 10.3 Å². The van der Waals surface area contributed by atoms with Crippen LogP contribution < -0.4 is 5.32 Å². The van der Waals surface area contributed by atoms with Crippen LogP contribution in [0.25, 0.3) is 11.3 Å². The van der Waals surface area contributed by atoms with Crippen molar-refractivity contribution in [3.63, 3.8) is 0 Å². The zero-order chi connectivity index (χ0) is 12.3. The van der Waals surface area contributed by atoms with Crippen molar-refractivity contribution in [2.75, 3.05) is 7.05 Å². The number of aromatic nitrogens is 1. The van der Waals surface area contributed by atoms with E-state index < -0.39 is 0 Å². The highest BCUT2D eigenvalue weighted by Crippen LogP contribution is 2.21. The van der Waals surface area contributed by atoms with Crippen LogP contribution in [-0.2, 0) is 0 Å². The second-order valence-electron chi connectivity index (χ2n) is 3.49. The number of halogens is 1. The number of nitrogens with one attached hydrogen (secondary N) is 1. The summed E-state index contributed by atoms with van der Waals surface area (Å²) in [5.74, 6) is -0.524. The summed E-state index contributed by atoms with van der Waals surface area (Å²) in [5.41, 5.74) is 1.74. The molecule has 4 heteroatoms. The first kappa shape index (κ1) is 11.3. The molecule has 0 unspecified atom stereocenters. The van der Waals surface area contributed by atoms with Gasteiger partial charge in [-0.1, -0.05) is 0 Å². The Morgan fingerprint density at radius 1 is 1.24 bits per heavy atom. The fourth-order valence-corrected chi connectivity index (χ4v) is 1.56. The van der Waals surface area contributed by atoms with Crippen LogP contribution in [-0.4, -0.2) is 17.9 Å². The van der Waals surface area contributed by atoms with Gasteiger partial charge in [0.25, 0.3) is 5.91 Å². The summed E-state index contributed by atoms with van der Waals surface area (Å²) in [5, 5.41) is 2.55. The molecule has 1 aromatic carbocycles. The van der Waals surface area contributed by atoms with Gasteiger partial charge in [-0.25, -0.2) is 4.39 Å². The van der Waals surface area contributed by atoms with E-state index in [1.54, 1.807) is 37.5 Å². The van der Waals surface area contributed by atoms with E-state index in [0.717, 1.165) is 0 Å². The second-order valence-corrected chi connectivity index (χ2v) is 3.49. The molecule has 0 saturated carbocycles. The van der Waals surface area contributed by atoms with Gasteiger partial charge in [0.2, 0.25) is 0 Å². The average molecular weight is 230 g/mol. The molecule has 2 aromatic rings. The lowest BCUT2D eigenvalue weighted by Crippen LogP contribution is -2.19. The van der Waals surface area contributed by atoms with E-state index in [1.807, 2.05) is 0 Å². The number of benzene rings is 1. The molecule has 0 radical (unpaired) electrons. The summed E-state index contributed by atoms with van der Waals surface area (Å²) in [6.07, 6.45) is 1.60. The second kappa shape index (κ2) is 4.74. The Morgan fingerprint density at radius 3 is 2.59 bits per heavy atom. The van der Waals surface area contributed by atoms with Crippen LogP contribution in [0.1, 0.15) is 10.4 Å². The van der Waals surface area contributed by atoms with Crippen molar-refractivity contribution in [1.82, 2.24) is 10.3 Å². The zero-order valence-corrected chi connectivity index (χ0v) is 9.27. The van der Waals surface area contributed by atoms with Gasteiger partial charge >= 0.3 is 0 Å². The molecule has 1 heterocycles. The third-order valence-corrected chi connectivity index (χ3v) is 2.40.